The molecule has 0 aliphatic heterocycles. The fourth-order valence-electron chi connectivity index (χ4n) is 3.81. The summed E-state index contributed by atoms with van der Waals surface area (Å²) in [7, 11) is 3.34. The Hall–Kier alpha value is -4.58. The molecule has 0 spiro atoms. The van der Waals surface area contributed by atoms with Gasteiger partial charge in [0, 0.05) is 28.8 Å². The van der Waals surface area contributed by atoms with Crippen LogP contribution in [0.5, 0.6) is 11.5 Å². The molecule has 1 N–H and O–H groups in total. The number of nitrogens with one attached hydrogen (secondary N) is 1. The lowest BCUT2D eigenvalue weighted by molar-refractivity contribution is 0.415. The Kier molecular flexibility index (Phi) is 5.95. The van der Waals surface area contributed by atoms with Crippen molar-refractivity contribution in [3.8, 4) is 34.1 Å². The van der Waals surface area contributed by atoms with Gasteiger partial charge in [0.15, 0.2) is 0 Å². The summed E-state index contributed by atoms with van der Waals surface area (Å²) in [5, 5.41) is 7.57. The van der Waals surface area contributed by atoms with Crippen molar-refractivity contribution in [2.45, 2.75) is 0 Å². The van der Waals surface area contributed by atoms with E-state index in [1.54, 1.807) is 20.4 Å². The van der Waals surface area contributed by atoms with E-state index in [9.17, 15) is 0 Å². The second-order valence-corrected chi connectivity index (χ2v) is 7.66. The van der Waals surface area contributed by atoms with Crippen molar-refractivity contribution in [1.82, 2.24) is 15.2 Å². The summed E-state index contributed by atoms with van der Waals surface area (Å²) >= 11 is 0. The summed E-state index contributed by atoms with van der Waals surface area (Å²) in [6, 6.07) is 32.2. The van der Waals surface area contributed by atoms with Crippen molar-refractivity contribution < 1.29 is 9.47 Å². The Morgan fingerprint density at radius 3 is 1.71 bits per heavy atom. The lowest BCUT2D eigenvalue weighted by Gasteiger charge is -2.26. The SMILES string of the molecule is COc1ccc(N(c2ccc(OC)cc2)c2ccc(-c3cc(-c4ccccn4)[nH]n3)cc2)cc1. The largest absolute Gasteiger partial charge is 0.497 e. The number of rotatable bonds is 7. The lowest BCUT2D eigenvalue weighted by atomic mass is 10.1. The molecule has 5 aromatic rings. The van der Waals surface area contributed by atoms with E-state index >= 15 is 0 Å². The van der Waals surface area contributed by atoms with Crippen molar-refractivity contribution in [2.75, 3.05) is 19.1 Å². The van der Waals surface area contributed by atoms with Crippen molar-refractivity contribution >= 4 is 17.1 Å². The molecule has 2 heterocycles. The number of ether oxygens (including phenoxy) is 2. The molecule has 0 atom stereocenters. The maximum Gasteiger partial charge on any atom is 0.119 e. The maximum absolute atomic E-state index is 5.34. The zero-order valence-corrected chi connectivity index (χ0v) is 19.0. The van der Waals surface area contributed by atoms with Crippen LogP contribution in [0, 0.1) is 0 Å². The molecule has 0 fully saturated rings. The Morgan fingerprint density at radius 1 is 0.647 bits per heavy atom. The molecule has 5 rings (SSSR count). The van der Waals surface area contributed by atoms with E-state index in [4.69, 9.17) is 9.47 Å². The van der Waals surface area contributed by atoms with Gasteiger partial charge in [0.05, 0.1) is 31.3 Å². The van der Waals surface area contributed by atoms with Gasteiger partial charge in [-0.15, -0.1) is 0 Å². The molecule has 34 heavy (non-hydrogen) atoms. The second-order valence-electron chi connectivity index (χ2n) is 7.66. The molecule has 0 saturated heterocycles. The molecule has 0 radical (unpaired) electrons. The van der Waals surface area contributed by atoms with Gasteiger partial charge in [-0.1, -0.05) is 18.2 Å². The Balaban J connectivity index is 1.48. The number of methoxy groups -OCH3 is 2. The first kappa shape index (κ1) is 21.3. The molecule has 168 valence electrons. The molecule has 0 saturated carbocycles. The van der Waals surface area contributed by atoms with Gasteiger partial charge < -0.3 is 14.4 Å². The zero-order chi connectivity index (χ0) is 23.3. The quantitative estimate of drug-likeness (QED) is 0.303. The van der Waals surface area contributed by atoms with Gasteiger partial charge in [-0.25, -0.2) is 0 Å². The predicted molar refractivity (Wildman–Crippen MR) is 135 cm³/mol. The average molecular weight is 449 g/mol. The highest BCUT2D eigenvalue weighted by molar-refractivity contribution is 5.78. The van der Waals surface area contributed by atoms with Crippen LogP contribution in [0.15, 0.2) is 103 Å². The number of benzene rings is 3. The molecule has 2 aromatic heterocycles. The van der Waals surface area contributed by atoms with Crippen LogP contribution in [0.4, 0.5) is 17.1 Å². The molecular weight excluding hydrogens is 424 g/mol. The Bertz CT molecular complexity index is 1300. The number of pyridine rings is 1. The summed E-state index contributed by atoms with van der Waals surface area (Å²) in [4.78, 5) is 6.58. The maximum atomic E-state index is 5.34. The van der Waals surface area contributed by atoms with Crippen LogP contribution in [-0.2, 0) is 0 Å². The van der Waals surface area contributed by atoms with E-state index in [1.807, 2.05) is 72.8 Å². The second kappa shape index (κ2) is 9.50. The number of hydrogen-bond acceptors (Lipinski definition) is 5. The fourth-order valence-corrected chi connectivity index (χ4v) is 3.81. The number of aromatic amines is 1. The number of hydrogen-bond donors (Lipinski definition) is 1. The van der Waals surface area contributed by atoms with Crippen molar-refractivity contribution in [3.63, 3.8) is 0 Å². The van der Waals surface area contributed by atoms with E-state index in [1.165, 1.54) is 0 Å². The van der Waals surface area contributed by atoms with Crippen LogP contribution in [0.25, 0.3) is 22.6 Å². The van der Waals surface area contributed by atoms with Crippen molar-refractivity contribution in [1.29, 1.82) is 0 Å². The minimum absolute atomic E-state index is 0.816. The Morgan fingerprint density at radius 2 is 1.21 bits per heavy atom. The molecular formula is C28H24N4O2. The number of H-pyrrole nitrogens is 1. The minimum Gasteiger partial charge on any atom is -0.497 e. The monoisotopic (exact) mass is 448 g/mol. The summed E-state index contributed by atoms with van der Waals surface area (Å²) < 4.78 is 10.7. The molecule has 6 heteroatoms. The first-order valence-electron chi connectivity index (χ1n) is 10.9. The van der Waals surface area contributed by atoms with Crippen molar-refractivity contribution in [2.24, 2.45) is 0 Å². The molecule has 0 aliphatic carbocycles. The van der Waals surface area contributed by atoms with Crippen LogP contribution in [0.3, 0.4) is 0 Å². The van der Waals surface area contributed by atoms with E-state index in [2.05, 4.69) is 44.3 Å². The predicted octanol–water partition coefficient (Wildman–Crippen LogP) is 6.63. The van der Waals surface area contributed by atoms with E-state index in [-0.39, 0.29) is 0 Å². The van der Waals surface area contributed by atoms with Crippen LogP contribution in [0.2, 0.25) is 0 Å². The first-order chi connectivity index (χ1) is 16.7. The summed E-state index contributed by atoms with van der Waals surface area (Å²) in [5.74, 6) is 1.63. The van der Waals surface area contributed by atoms with E-state index in [0.29, 0.717) is 0 Å². The molecule has 0 bridgehead atoms. The standard InChI is InChI=1S/C28H24N4O2/c1-33-24-14-10-22(11-15-24)32(23-12-16-25(34-2)17-13-23)21-8-6-20(7-9-21)27-19-28(31-30-27)26-5-3-4-18-29-26/h3-19H,1-2H3,(H,30,31). The molecule has 0 amide bonds. The highest BCUT2D eigenvalue weighted by Crippen LogP contribution is 2.37. The zero-order valence-electron chi connectivity index (χ0n) is 19.0. The molecule has 3 aromatic carbocycles. The third-order valence-electron chi connectivity index (χ3n) is 5.60. The van der Waals surface area contributed by atoms with Crippen LogP contribution in [-0.4, -0.2) is 29.4 Å². The Labute approximate surface area is 198 Å². The first-order valence-corrected chi connectivity index (χ1v) is 10.9. The summed E-state index contributed by atoms with van der Waals surface area (Å²) in [5.41, 5.74) is 6.71. The van der Waals surface area contributed by atoms with E-state index in [0.717, 1.165) is 51.2 Å². The van der Waals surface area contributed by atoms with Crippen LogP contribution >= 0.6 is 0 Å². The number of anilines is 3. The average Bonchev–Trinajstić information content (AvgIpc) is 3.41. The fraction of sp³-hybridized carbons (Fsp3) is 0.0714. The van der Waals surface area contributed by atoms with Gasteiger partial charge in [-0.05, 0) is 78.9 Å². The highest BCUT2D eigenvalue weighted by atomic mass is 16.5. The van der Waals surface area contributed by atoms with Gasteiger partial charge in [0.2, 0.25) is 0 Å². The molecule has 0 aliphatic rings. The summed E-state index contributed by atoms with van der Waals surface area (Å²) in [6.07, 6.45) is 1.78. The van der Waals surface area contributed by atoms with Crippen LogP contribution < -0.4 is 14.4 Å². The molecule has 6 nitrogen and oxygen atoms in total. The van der Waals surface area contributed by atoms with Crippen molar-refractivity contribution in [3.05, 3.63) is 103 Å². The number of aromatic nitrogens is 3. The minimum atomic E-state index is 0.816. The van der Waals surface area contributed by atoms with Gasteiger partial charge in [-0.3, -0.25) is 10.1 Å². The number of nitrogens with zero attached hydrogens (tertiary/aromatic N) is 3. The van der Waals surface area contributed by atoms with Gasteiger partial charge in [0.25, 0.3) is 0 Å². The third kappa shape index (κ3) is 4.34. The lowest BCUT2D eigenvalue weighted by Crippen LogP contribution is -2.09. The summed E-state index contributed by atoms with van der Waals surface area (Å²) in [6.45, 7) is 0. The molecule has 0 unspecified atom stereocenters. The van der Waals surface area contributed by atoms with E-state index < -0.39 is 0 Å². The topological polar surface area (TPSA) is 63.3 Å². The third-order valence-corrected chi connectivity index (χ3v) is 5.60. The smallest absolute Gasteiger partial charge is 0.119 e. The van der Waals surface area contributed by atoms with Gasteiger partial charge >= 0.3 is 0 Å². The van der Waals surface area contributed by atoms with Gasteiger partial charge in [-0.2, -0.15) is 5.10 Å². The van der Waals surface area contributed by atoms with Gasteiger partial charge in [0.1, 0.15) is 11.5 Å². The highest BCUT2D eigenvalue weighted by Gasteiger charge is 2.14. The normalized spacial score (nSPS) is 10.6. The van der Waals surface area contributed by atoms with Crippen LogP contribution in [0.1, 0.15) is 0 Å².